The highest BCUT2D eigenvalue weighted by atomic mass is 15.0. The quantitative estimate of drug-likeness (QED) is 0.197. The van der Waals surface area contributed by atoms with Crippen LogP contribution in [0.1, 0.15) is 29.2 Å². The molecule has 1 aliphatic rings. The van der Waals surface area contributed by atoms with Gasteiger partial charge in [0.25, 0.3) is 0 Å². The van der Waals surface area contributed by atoms with Gasteiger partial charge in [0.15, 0.2) is 17.5 Å². The van der Waals surface area contributed by atoms with E-state index in [-0.39, 0.29) is 0 Å². The summed E-state index contributed by atoms with van der Waals surface area (Å²) >= 11 is 0. The van der Waals surface area contributed by atoms with Crippen molar-refractivity contribution in [2.24, 2.45) is 0 Å². The lowest BCUT2D eigenvalue weighted by molar-refractivity contribution is 1.07. The van der Waals surface area contributed by atoms with E-state index in [2.05, 4.69) is 41.7 Å². The molecule has 0 saturated carbocycles. The number of rotatable bonds is 6. The molecule has 0 unspecified atom stereocenters. The second kappa shape index (κ2) is 11.7. The number of benzene rings is 5. The molecule has 5 aromatic carbocycles. The van der Waals surface area contributed by atoms with E-state index >= 15 is 0 Å². The molecule has 7 rings (SSSR count). The van der Waals surface area contributed by atoms with E-state index < -0.39 is 0 Å². The van der Waals surface area contributed by atoms with Gasteiger partial charge in [0, 0.05) is 28.0 Å². The molecule has 0 spiro atoms. The molecule has 0 fully saturated rings. The third-order valence-electron chi connectivity index (χ3n) is 7.74. The fourth-order valence-electron chi connectivity index (χ4n) is 5.40. The Bertz CT molecular complexity index is 1970. The maximum atomic E-state index is 9.03. The average Bonchev–Trinajstić information content (AvgIpc) is 3.11. The topological polar surface area (TPSA) is 74.6 Å². The smallest absolute Gasteiger partial charge is 0.164 e. The van der Waals surface area contributed by atoms with Crippen LogP contribution in [0.5, 0.6) is 0 Å². The third kappa shape index (κ3) is 5.35. The van der Waals surface area contributed by atoms with Crippen LogP contribution in [-0.4, -0.2) is 20.7 Å². The molecule has 0 atom stereocenters. The summed E-state index contributed by atoms with van der Waals surface area (Å²) in [7, 11) is 0. The lowest BCUT2D eigenvalue weighted by atomic mass is 9.91. The van der Waals surface area contributed by atoms with Crippen molar-refractivity contribution < 1.29 is 0 Å². The number of hydrogen-bond donors (Lipinski definition) is 2. The van der Waals surface area contributed by atoms with Gasteiger partial charge in [-0.1, -0.05) is 133 Å². The number of nitrogens with zero attached hydrogens (tertiary/aromatic N) is 3. The Morgan fingerprint density at radius 1 is 0.545 bits per heavy atom. The zero-order chi connectivity index (χ0) is 29.9. The standard InChI is InChI=1S/C39H29N5/c1-26(35(40)28-16-8-3-9-17-28)36-33-23-22-31(24-32(33)25-34(41-36)27-14-6-2-7-15-27)39-43-37(29-18-10-4-11-19-29)42-38(44-39)30-20-12-5-13-21-30/h2-25,40-41H,1H3/b36-26-,40-35?. The SMILES string of the molecule is C/C(C(=N)c1ccccc1)=C1/NC(c2ccccc2)=Cc2cc(-c3nc(-c4ccccc4)nc(-c4ccccc4)n3)ccc21. The van der Waals surface area contributed by atoms with Crippen molar-refractivity contribution in [3.8, 4) is 34.2 Å². The first-order valence-electron chi connectivity index (χ1n) is 14.5. The van der Waals surface area contributed by atoms with Crippen LogP contribution >= 0.6 is 0 Å². The third-order valence-corrected chi connectivity index (χ3v) is 7.74. The Kier molecular flexibility index (Phi) is 7.19. The van der Waals surface area contributed by atoms with Crippen molar-refractivity contribution in [1.29, 1.82) is 5.41 Å². The molecule has 0 aliphatic carbocycles. The van der Waals surface area contributed by atoms with Crippen LogP contribution in [0.3, 0.4) is 0 Å². The summed E-state index contributed by atoms with van der Waals surface area (Å²) in [5, 5.41) is 12.7. The van der Waals surface area contributed by atoms with Gasteiger partial charge in [-0.25, -0.2) is 15.0 Å². The predicted octanol–water partition coefficient (Wildman–Crippen LogP) is 8.77. The van der Waals surface area contributed by atoms with Crippen molar-refractivity contribution >= 4 is 23.2 Å². The highest BCUT2D eigenvalue weighted by Crippen LogP contribution is 2.35. The van der Waals surface area contributed by atoms with Crippen molar-refractivity contribution in [2.75, 3.05) is 0 Å². The molecule has 0 saturated heterocycles. The molecule has 1 aliphatic heterocycles. The molecule has 6 aromatic rings. The summed E-state index contributed by atoms with van der Waals surface area (Å²) in [6.07, 6.45) is 2.16. The number of hydrogen-bond acceptors (Lipinski definition) is 5. The molecular weight excluding hydrogens is 538 g/mol. The minimum atomic E-state index is 0.481. The van der Waals surface area contributed by atoms with Crippen LogP contribution in [0, 0.1) is 5.41 Å². The molecule has 0 bridgehead atoms. The Morgan fingerprint density at radius 3 is 1.57 bits per heavy atom. The lowest BCUT2D eigenvalue weighted by Crippen LogP contribution is -2.20. The van der Waals surface area contributed by atoms with E-state index in [9.17, 15) is 0 Å². The van der Waals surface area contributed by atoms with Crippen molar-refractivity contribution in [1.82, 2.24) is 20.3 Å². The zero-order valence-corrected chi connectivity index (χ0v) is 24.2. The van der Waals surface area contributed by atoms with E-state index in [0.29, 0.717) is 23.2 Å². The Hall–Kier alpha value is -5.94. The van der Waals surface area contributed by atoms with Crippen LogP contribution in [0.2, 0.25) is 0 Å². The second-order valence-corrected chi connectivity index (χ2v) is 10.6. The van der Waals surface area contributed by atoms with Gasteiger partial charge in [-0.05, 0) is 41.3 Å². The van der Waals surface area contributed by atoms with Crippen molar-refractivity contribution in [2.45, 2.75) is 6.92 Å². The summed E-state index contributed by atoms with van der Waals surface area (Å²) in [5.41, 5.74) is 9.97. The minimum Gasteiger partial charge on any atom is -0.354 e. The molecule has 2 heterocycles. The maximum absolute atomic E-state index is 9.03. The first-order valence-corrected chi connectivity index (χ1v) is 14.5. The fraction of sp³-hybridized carbons (Fsp3) is 0.0256. The molecule has 5 heteroatoms. The van der Waals surface area contributed by atoms with Crippen molar-refractivity contribution in [3.05, 3.63) is 167 Å². The number of allylic oxidation sites excluding steroid dienone is 1. The van der Waals surface area contributed by atoms with E-state index in [0.717, 1.165) is 55.9 Å². The molecule has 2 N–H and O–H groups in total. The van der Waals surface area contributed by atoms with E-state index in [1.54, 1.807) is 0 Å². The average molecular weight is 568 g/mol. The molecule has 1 aromatic heterocycles. The van der Waals surface area contributed by atoms with Gasteiger partial charge in [-0.15, -0.1) is 0 Å². The molecule has 210 valence electrons. The summed E-state index contributed by atoms with van der Waals surface area (Å²) in [4.78, 5) is 14.7. The van der Waals surface area contributed by atoms with Gasteiger partial charge in [-0.2, -0.15) is 0 Å². The van der Waals surface area contributed by atoms with E-state index in [4.69, 9.17) is 20.4 Å². The molecular formula is C39H29N5. The first-order chi connectivity index (χ1) is 21.6. The summed E-state index contributed by atoms with van der Waals surface area (Å²) in [5.74, 6) is 1.86. The van der Waals surface area contributed by atoms with Crippen LogP contribution in [0.15, 0.2) is 145 Å². The predicted molar refractivity (Wildman–Crippen MR) is 179 cm³/mol. The minimum absolute atomic E-state index is 0.481. The Labute approximate surface area is 256 Å². The zero-order valence-electron chi connectivity index (χ0n) is 24.2. The summed E-state index contributed by atoms with van der Waals surface area (Å²) in [6.45, 7) is 2.01. The largest absolute Gasteiger partial charge is 0.354 e. The number of aromatic nitrogens is 3. The number of fused-ring (bicyclic) bond motifs is 1. The molecule has 0 radical (unpaired) electrons. The fourth-order valence-corrected chi connectivity index (χ4v) is 5.40. The molecule has 5 nitrogen and oxygen atoms in total. The van der Waals surface area contributed by atoms with Crippen molar-refractivity contribution in [3.63, 3.8) is 0 Å². The maximum Gasteiger partial charge on any atom is 0.164 e. The highest BCUT2D eigenvalue weighted by Gasteiger charge is 2.22. The molecule has 44 heavy (non-hydrogen) atoms. The summed E-state index contributed by atoms with van der Waals surface area (Å²) in [6, 6.07) is 46.4. The monoisotopic (exact) mass is 567 g/mol. The van der Waals surface area contributed by atoms with Crippen LogP contribution < -0.4 is 5.32 Å². The number of nitrogens with one attached hydrogen (secondary N) is 2. The highest BCUT2D eigenvalue weighted by molar-refractivity contribution is 6.15. The summed E-state index contributed by atoms with van der Waals surface area (Å²) < 4.78 is 0. The van der Waals surface area contributed by atoms with Crippen LogP contribution in [0.25, 0.3) is 51.6 Å². The van der Waals surface area contributed by atoms with Gasteiger partial charge in [0.1, 0.15) is 0 Å². The van der Waals surface area contributed by atoms with Gasteiger partial charge in [0.05, 0.1) is 11.4 Å². The van der Waals surface area contributed by atoms with Gasteiger partial charge in [-0.3, -0.25) is 5.41 Å². The normalized spacial score (nSPS) is 13.3. The van der Waals surface area contributed by atoms with Gasteiger partial charge in [0.2, 0.25) is 0 Å². The van der Waals surface area contributed by atoms with Gasteiger partial charge < -0.3 is 5.32 Å². The first kappa shape index (κ1) is 26.9. The lowest BCUT2D eigenvalue weighted by Gasteiger charge is -2.25. The van der Waals surface area contributed by atoms with Crippen LogP contribution in [-0.2, 0) is 0 Å². The van der Waals surface area contributed by atoms with Gasteiger partial charge >= 0.3 is 0 Å². The molecule has 0 amide bonds. The Balaban J connectivity index is 1.39. The van der Waals surface area contributed by atoms with E-state index in [1.807, 2.05) is 116 Å². The Morgan fingerprint density at radius 2 is 1.02 bits per heavy atom. The second-order valence-electron chi connectivity index (χ2n) is 10.6. The van der Waals surface area contributed by atoms with Crippen LogP contribution in [0.4, 0.5) is 0 Å². The van der Waals surface area contributed by atoms with E-state index in [1.165, 1.54) is 0 Å².